The Morgan fingerprint density at radius 3 is 1.79 bits per heavy atom. The molecule has 7 rings (SSSR count). The standard InChI is InChI=1S/C40H35NO8S3.ClH/c42-39(29-14-18-31(19-15-29)47-27-26-41-24-8-3-9-25-41)38-36-23-22-33(49-52(45,46)35-12-6-2-7-13-35)28-37(36)50-40(38)30-16-20-32(21-17-30)48-51(43,44)34-10-4-1-5-11-34;/h1-2,4-7,10-23,28H,3,8-9,24-27H2;1H. The average Bonchev–Trinajstić information content (AvgIpc) is 3.55. The van der Waals surface area contributed by atoms with E-state index in [4.69, 9.17) is 13.1 Å². The normalized spacial score (nSPS) is 13.6. The Kier molecular flexibility index (Phi) is 11.9. The van der Waals surface area contributed by atoms with Crippen LogP contribution in [0.3, 0.4) is 0 Å². The highest BCUT2D eigenvalue weighted by atomic mass is 35.5. The van der Waals surface area contributed by atoms with Gasteiger partial charge >= 0.3 is 20.2 Å². The number of carbonyl (C=O) groups excluding carboxylic acids is 1. The second-order valence-electron chi connectivity index (χ2n) is 12.3. The summed E-state index contributed by atoms with van der Waals surface area (Å²) in [5.41, 5.74) is 1.51. The number of benzene rings is 5. The van der Waals surface area contributed by atoms with Gasteiger partial charge in [0.1, 0.15) is 33.6 Å². The van der Waals surface area contributed by atoms with E-state index in [1.54, 1.807) is 84.9 Å². The lowest BCUT2D eigenvalue weighted by Gasteiger charge is -2.26. The highest BCUT2D eigenvalue weighted by molar-refractivity contribution is 7.87. The van der Waals surface area contributed by atoms with E-state index in [0.717, 1.165) is 19.6 Å². The van der Waals surface area contributed by atoms with Crippen molar-refractivity contribution in [1.82, 2.24) is 4.90 Å². The quantitative estimate of drug-likeness (QED) is 0.0838. The zero-order valence-corrected chi connectivity index (χ0v) is 31.7. The van der Waals surface area contributed by atoms with E-state index in [0.29, 0.717) is 44.0 Å². The fourth-order valence-electron chi connectivity index (χ4n) is 6.07. The van der Waals surface area contributed by atoms with Gasteiger partial charge in [0.15, 0.2) is 5.78 Å². The van der Waals surface area contributed by atoms with Gasteiger partial charge in [0, 0.05) is 32.6 Å². The third kappa shape index (κ3) is 8.91. The van der Waals surface area contributed by atoms with Gasteiger partial charge in [-0.3, -0.25) is 9.69 Å². The number of piperidine rings is 1. The number of nitrogens with zero attached hydrogens (tertiary/aromatic N) is 1. The summed E-state index contributed by atoms with van der Waals surface area (Å²) in [6.45, 7) is 3.59. The molecule has 0 saturated carbocycles. The Morgan fingerprint density at radius 2 is 1.19 bits per heavy atom. The van der Waals surface area contributed by atoms with Crippen LogP contribution in [-0.4, -0.2) is 53.8 Å². The van der Waals surface area contributed by atoms with Gasteiger partial charge in [-0.15, -0.1) is 23.7 Å². The zero-order valence-electron chi connectivity index (χ0n) is 28.4. The SMILES string of the molecule is Cl.O=C(c1ccc(OCCN2CCCCC2)cc1)c1c(-c2ccc(OS(=O)(=O)c3ccccc3)cc2)sc2cc(OS(=O)(=O)c3ccccc3)ccc12. The van der Waals surface area contributed by atoms with Crippen molar-refractivity contribution < 1.29 is 34.7 Å². The molecule has 9 nitrogen and oxygen atoms in total. The van der Waals surface area contributed by atoms with Crippen LogP contribution in [0.4, 0.5) is 0 Å². The Bertz CT molecular complexity index is 2400. The first-order chi connectivity index (χ1) is 25.2. The van der Waals surface area contributed by atoms with Crippen LogP contribution in [-0.2, 0) is 20.2 Å². The first-order valence-corrected chi connectivity index (χ1v) is 20.5. The molecule has 0 spiro atoms. The second kappa shape index (κ2) is 16.5. The Labute approximate surface area is 319 Å². The minimum absolute atomic E-state index is 0. The number of halogens is 1. The molecule has 1 aliphatic heterocycles. The van der Waals surface area contributed by atoms with Crippen molar-refractivity contribution >= 4 is 59.8 Å². The maximum absolute atomic E-state index is 14.3. The molecule has 2 heterocycles. The Morgan fingerprint density at radius 1 is 0.642 bits per heavy atom. The Balaban J connectivity index is 0.00000481. The molecule has 0 unspecified atom stereocenters. The van der Waals surface area contributed by atoms with Gasteiger partial charge in [0.05, 0.1) is 0 Å². The minimum atomic E-state index is -4.09. The van der Waals surface area contributed by atoms with Crippen LogP contribution in [0.15, 0.2) is 137 Å². The number of likely N-dealkylation sites (tertiary alicyclic amines) is 1. The molecular formula is C40H36ClNO8S3. The van der Waals surface area contributed by atoms with Crippen molar-refractivity contribution in [2.45, 2.75) is 29.1 Å². The number of ether oxygens (including phenoxy) is 1. The maximum Gasteiger partial charge on any atom is 0.339 e. The van der Waals surface area contributed by atoms with Crippen LogP contribution in [0.1, 0.15) is 35.2 Å². The molecule has 274 valence electrons. The smallest absolute Gasteiger partial charge is 0.339 e. The van der Waals surface area contributed by atoms with E-state index in [1.165, 1.54) is 73.1 Å². The van der Waals surface area contributed by atoms with Gasteiger partial charge in [0.2, 0.25) is 0 Å². The molecule has 6 aromatic rings. The van der Waals surface area contributed by atoms with E-state index in [-0.39, 0.29) is 39.5 Å². The lowest BCUT2D eigenvalue weighted by atomic mass is 9.97. The summed E-state index contributed by atoms with van der Waals surface area (Å²) >= 11 is 1.30. The maximum atomic E-state index is 14.3. The summed E-state index contributed by atoms with van der Waals surface area (Å²) < 4.78 is 69.1. The first kappa shape index (κ1) is 38.0. The molecule has 1 aliphatic rings. The Hall–Kier alpha value is -4.72. The first-order valence-electron chi connectivity index (χ1n) is 16.8. The minimum Gasteiger partial charge on any atom is -0.492 e. The van der Waals surface area contributed by atoms with Crippen LogP contribution in [0.5, 0.6) is 17.2 Å². The molecule has 0 atom stereocenters. The molecule has 53 heavy (non-hydrogen) atoms. The summed E-state index contributed by atoms with van der Waals surface area (Å²) in [7, 11) is -8.15. The molecular weight excluding hydrogens is 754 g/mol. The number of hydrogen-bond acceptors (Lipinski definition) is 10. The highest BCUT2D eigenvalue weighted by Gasteiger charge is 2.24. The van der Waals surface area contributed by atoms with Crippen molar-refractivity contribution in [2.75, 3.05) is 26.2 Å². The molecule has 0 radical (unpaired) electrons. The van der Waals surface area contributed by atoms with Crippen LogP contribution in [0, 0.1) is 0 Å². The van der Waals surface area contributed by atoms with E-state index in [2.05, 4.69) is 4.90 Å². The monoisotopic (exact) mass is 789 g/mol. The number of ketones is 1. The molecule has 1 aromatic heterocycles. The topological polar surface area (TPSA) is 116 Å². The number of rotatable bonds is 13. The van der Waals surface area contributed by atoms with Crippen molar-refractivity contribution in [3.63, 3.8) is 0 Å². The van der Waals surface area contributed by atoms with Crippen molar-refractivity contribution in [1.29, 1.82) is 0 Å². The fourth-order valence-corrected chi connectivity index (χ4v) is 9.19. The summed E-state index contributed by atoms with van der Waals surface area (Å²) in [6.07, 6.45) is 3.70. The predicted octanol–water partition coefficient (Wildman–Crippen LogP) is 8.62. The third-order valence-electron chi connectivity index (χ3n) is 8.72. The van der Waals surface area contributed by atoms with Crippen LogP contribution in [0.2, 0.25) is 0 Å². The van der Waals surface area contributed by atoms with Crippen LogP contribution >= 0.6 is 23.7 Å². The molecule has 0 N–H and O–H groups in total. The number of fused-ring (bicyclic) bond motifs is 1. The number of carbonyl (C=O) groups is 1. The van der Waals surface area contributed by atoms with Gasteiger partial charge in [-0.05, 0) is 122 Å². The van der Waals surface area contributed by atoms with Crippen molar-refractivity contribution in [3.05, 3.63) is 139 Å². The van der Waals surface area contributed by atoms with Gasteiger partial charge in [-0.1, -0.05) is 42.8 Å². The molecule has 1 fully saturated rings. The number of hydrogen-bond donors (Lipinski definition) is 0. The molecule has 5 aromatic carbocycles. The van der Waals surface area contributed by atoms with Gasteiger partial charge in [0.25, 0.3) is 0 Å². The fraction of sp³-hybridized carbons (Fsp3) is 0.175. The van der Waals surface area contributed by atoms with E-state index in [9.17, 15) is 21.6 Å². The molecule has 0 bridgehead atoms. The van der Waals surface area contributed by atoms with E-state index < -0.39 is 20.2 Å². The van der Waals surface area contributed by atoms with Crippen LogP contribution < -0.4 is 13.1 Å². The lowest BCUT2D eigenvalue weighted by molar-refractivity contribution is 0.104. The molecule has 1 saturated heterocycles. The predicted molar refractivity (Wildman–Crippen MR) is 209 cm³/mol. The van der Waals surface area contributed by atoms with Crippen molar-refractivity contribution in [2.24, 2.45) is 0 Å². The van der Waals surface area contributed by atoms with Gasteiger partial charge in [-0.2, -0.15) is 16.8 Å². The largest absolute Gasteiger partial charge is 0.492 e. The highest BCUT2D eigenvalue weighted by Crippen LogP contribution is 2.42. The van der Waals surface area contributed by atoms with Gasteiger partial charge < -0.3 is 13.1 Å². The zero-order chi connectivity index (χ0) is 36.1. The average molecular weight is 790 g/mol. The van der Waals surface area contributed by atoms with Gasteiger partial charge in [-0.25, -0.2) is 0 Å². The molecule has 0 amide bonds. The van der Waals surface area contributed by atoms with Crippen LogP contribution in [0.25, 0.3) is 20.5 Å². The second-order valence-corrected chi connectivity index (χ2v) is 16.4. The number of thiophene rings is 1. The summed E-state index contributed by atoms with van der Waals surface area (Å²) in [6, 6.07) is 34.0. The van der Waals surface area contributed by atoms with E-state index in [1.807, 2.05) is 0 Å². The third-order valence-corrected chi connectivity index (χ3v) is 12.4. The summed E-state index contributed by atoms with van der Waals surface area (Å²) in [4.78, 5) is 17.4. The summed E-state index contributed by atoms with van der Waals surface area (Å²) in [5, 5.41) is 0.614. The summed E-state index contributed by atoms with van der Waals surface area (Å²) in [5.74, 6) is 0.647. The molecule has 0 aliphatic carbocycles. The van der Waals surface area contributed by atoms with Crippen molar-refractivity contribution in [3.8, 4) is 27.7 Å². The lowest BCUT2D eigenvalue weighted by Crippen LogP contribution is -2.33. The van der Waals surface area contributed by atoms with E-state index >= 15 is 0 Å². The molecule has 13 heteroatoms.